The van der Waals surface area contributed by atoms with Crippen molar-refractivity contribution in [2.45, 2.75) is 39.0 Å². The van der Waals surface area contributed by atoms with Gasteiger partial charge in [0.2, 0.25) is 0 Å². The van der Waals surface area contributed by atoms with Crippen LogP contribution in [-0.2, 0) is 6.42 Å². The highest BCUT2D eigenvalue weighted by molar-refractivity contribution is 5.80. The monoisotopic (exact) mass is 212 g/mol. The molecule has 0 amide bonds. The van der Waals surface area contributed by atoms with Crippen LogP contribution in [0.5, 0.6) is 0 Å². The number of unbranched alkanes of at least 4 members (excludes halogenated alkanes) is 3. The number of benzene rings is 1. The topological polar surface area (TPSA) is 12.9 Å². The molecule has 1 nitrogen and oxygen atoms in total. The Labute approximate surface area is 97.5 Å². The Bertz CT molecular complexity index is 443. The van der Waals surface area contributed by atoms with Crippen molar-refractivity contribution in [3.05, 3.63) is 42.1 Å². The Hall–Kier alpha value is -1.37. The third-order valence-corrected chi connectivity index (χ3v) is 2.94. The molecule has 2 aromatic rings. The van der Waals surface area contributed by atoms with Gasteiger partial charge in [0.25, 0.3) is 0 Å². The summed E-state index contributed by atoms with van der Waals surface area (Å²) in [6.07, 6.45) is 8.19. The first-order chi connectivity index (χ1) is 7.92. The van der Waals surface area contributed by atoms with Gasteiger partial charge in [-0.15, -0.1) is 0 Å². The highest BCUT2D eigenvalue weighted by atomic mass is 14.6. The molecule has 0 unspecified atom stereocenters. The first kappa shape index (κ1) is 11.1. The quantitative estimate of drug-likeness (QED) is 0.678. The van der Waals surface area contributed by atoms with E-state index in [-0.39, 0.29) is 0 Å². The fourth-order valence-electron chi connectivity index (χ4n) is 2.04. The van der Waals surface area contributed by atoms with Crippen molar-refractivity contribution in [1.29, 1.82) is 0 Å². The van der Waals surface area contributed by atoms with Crippen LogP contribution >= 0.6 is 0 Å². The first-order valence-corrected chi connectivity index (χ1v) is 6.16. The van der Waals surface area contributed by atoms with Crippen molar-refractivity contribution < 1.29 is 0 Å². The normalized spacial score (nSPS) is 10.8. The predicted molar refractivity (Wildman–Crippen MR) is 68.4 cm³/mol. The molecule has 1 aromatic carbocycles. The lowest BCUT2D eigenvalue weighted by atomic mass is 10.0. The van der Waals surface area contributed by atoms with E-state index in [2.05, 4.69) is 36.2 Å². The van der Waals surface area contributed by atoms with Crippen molar-refractivity contribution in [3.8, 4) is 0 Å². The van der Waals surface area contributed by atoms with Crippen LogP contribution in [0.15, 0.2) is 30.5 Å². The van der Waals surface area contributed by atoms with Crippen LogP contribution in [-0.4, -0.2) is 4.98 Å². The maximum atomic E-state index is 4.45. The molecular formula is C15H18N. The van der Waals surface area contributed by atoms with Gasteiger partial charge in [-0.3, -0.25) is 4.98 Å². The molecule has 2 rings (SSSR count). The highest BCUT2D eigenvalue weighted by Crippen LogP contribution is 2.17. The molecule has 0 aliphatic rings. The van der Waals surface area contributed by atoms with Crippen LogP contribution in [0.2, 0.25) is 0 Å². The number of para-hydroxylation sites is 1. The number of nitrogens with zero attached hydrogens (tertiary/aromatic N) is 1. The molecule has 0 atom stereocenters. The smallest absolute Gasteiger partial charge is 0.0740 e. The molecule has 0 fully saturated rings. The van der Waals surface area contributed by atoms with E-state index in [1.165, 1.54) is 31.2 Å². The van der Waals surface area contributed by atoms with Crippen LogP contribution in [0.25, 0.3) is 10.9 Å². The minimum absolute atomic E-state index is 1.13. The van der Waals surface area contributed by atoms with E-state index in [4.69, 9.17) is 0 Å². The van der Waals surface area contributed by atoms with Crippen molar-refractivity contribution in [2.75, 3.05) is 0 Å². The van der Waals surface area contributed by atoms with Gasteiger partial charge in [-0.2, -0.15) is 0 Å². The second-order valence-electron chi connectivity index (χ2n) is 4.21. The molecule has 1 heteroatoms. The van der Waals surface area contributed by atoms with Crippen LogP contribution in [0.1, 0.15) is 38.2 Å². The number of hydrogen-bond acceptors (Lipinski definition) is 1. The fraction of sp³-hybridized carbons (Fsp3) is 0.400. The van der Waals surface area contributed by atoms with Crippen LogP contribution in [0.3, 0.4) is 0 Å². The second-order valence-corrected chi connectivity index (χ2v) is 4.21. The van der Waals surface area contributed by atoms with Crippen molar-refractivity contribution in [2.24, 2.45) is 0 Å². The standard InChI is InChI=1S/C15H18N/c1-2-3-4-5-8-13-9-6-10-14-11-7-12-16-15(13)14/h6-7,9-10,12H,2-5,8H2,1H3. The van der Waals surface area contributed by atoms with Crippen molar-refractivity contribution in [1.82, 2.24) is 4.98 Å². The lowest BCUT2D eigenvalue weighted by Gasteiger charge is -2.04. The number of rotatable bonds is 5. The molecule has 0 spiro atoms. The lowest BCUT2D eigenvalue weighted by molar-refractivity contribution is 0.668. The van der Waals surface area contributed by atoms with Gasteiger partial charge in [0.1, 0.15) is 0 Å². The number of fused-ring (bicyclic) bond motifs is 1. The van der Waals surface area contributed by atoms with Crippen LogP contribution in [0, 0.1) is 6.07 Å². The van der Waals surface area contributed by atoms with E-state index >= 15 is 0 Å². The Morgan fingerprint density at radius 1 is 1.19 bits per heavy atom. The fourth-order valence-corrected chi connectivity index (χ4v) is 2.04. The van der Waals surface area contributed by atoms with E-state index in [0.717, 1.165) is 17.3 Å². The summed E-state index contributed by atoms with van der Waals surface area (Å²) >= 11 is 0. The largest absolute Gasteiger partial charge is 0.256 e. The van der Waals surface area contributed by atoms with Gasteiger partial charge in [0, 0.05) is 11.6 Å². The SMILES string of the molecule is CCCCCCc1cccc2[c]ccnc12. The Kier molecular flexibility index (Phi) is 3.92. The van der Waals surface area contributed by atoms with Gasteiger partial charge in [0.15, 0.2) is 0 Å². The molecule has 1 radical (unpaired) electrons. The summed E-state index contributed by atoms with van der Waals surface area (Å²) in [6.45, 7) is 2.24. The Balaban J connectivity index is 2.11. The molecular weight excluding hydrogens is 194 g/mol. The van der Waals surface area contributed by atoms with E-state index in [1.807, 2.05) is 12.3 Å². The summed E-state index contributed by atoms with van der Waals surface area (Å²) in [5.74, 6) is 0. The van der Waals surface area contributed by atoms with E-state index in [1.54, 1.807) is 0 Å². The summed E-state index contributed by atoms with van der Waals surface area (Å²) in [6, 6.07) is 11.5. The van der Waals surface area contributed by atoms with Gasteiger partial charge < -0.3 is 0 Å². The molecule has 0 saturated heterocycles. The molecule has 0 aliphatic heterocycles. The average molecular weight is 212 g/mol. The molecule has 16 heavy (non-hydrogen) atoms. The van der Waals surface area contributed by atoms with Gasteiger partial charge >= 0.3 is 0 Å². The maximum Gasteiger partial charge on any atom is 0.0740 e. The zero-order chi connectivity index (χ0) is 11.2. The van der Waals surface area contributed by atoms with Gasteiger partial charge in [-0.1, -0.05) is 44.4 Å². The molecule has 83 valence electrons. The Morgan fingerprint density at radius 2 is 2.12 bits per heavy atom. The molecule has 1 aromatic heterocycles. The zero-order valence-electron chi connectivity index (χ0n) is 9.87. The molecule has 0 saturated carbocycles. The van der Waals surface area contributed by atoms with Crippen molar-refractivity contribution >= 4 is 10.9 Å². The predicted octanol–water partition coefficient (Wildman–Crippen LogP) is 4.16. The summed E-state index contributed by atoms with van der Waals surface area (Å²) in [4.78, 5) is 4.45. The van der Waals surface area contributed by atoms with Gasteiger partial charge in [-0.25, -0.2) is 0 Å². The summed E-state index contributed by atoms with van der Waals surface area (Å²) in [5.41, 5.74) is 2.49. The Morgan fingerprint density at radius 3 is 3.00 bits per heavy atom. The third kappa shape index (κ3) is 2.60. The molecule has 0 N–H and O–H groups in total. The van der Waals surface area contributed by atoms with E-state index in [9.17, 15) is 0 Å². The zero-order valence-corrected chi connectivity index (χ0v) is 9.87. The summed E-state index contributed by atoms with van der Waals surface area (Å²) in [7, 11) is 0. The maximum absolute atomic E-state index is 4.45. The number of hydrogen-bond donors (Lipinski definition) is 0. The summed E-state index contributed by atoms with van der Waals surface area (Å²) in [5, 5.41) is 1.13. The first-order valence-electron chi connectivity index (χ1n) is 6.16. The van der Waals surface area contributed by atoms with E-state index < -0.39 is 0 Å². The second kappa shape index (κ2) is 5.64. The number of aromatic nitrogens is 1. The molecule has 0 aliphatic carbocycles. The lowest BCUT2D eigenvalue weighted by Crippen LogP contribution is -1.90. The van der Waals surface area contributed by atoms with E-state index in [0.29, 0.717) is 0 Å². The minimum atomic E-state index is 1.13. The average Bonchev–Trinajstić information content (AvgIpc) is 2.35. The molecule has 0 bridgehead atoms. The minimum Gasteiger partial charge on any atom is -0.256 e. The third-order valence-electron chi connectivity index (χ3n) is 2.94. The van der Waals surface area contributed by atoms with Crippen LogP contribution < -0.4 is 0 Å². The highest BCUT2D eigenvalue weighted by Gasteiger charge is 2.01. The van der Waals surface area contributed by atoms with Gasteiger partial charge in [0.05, 0.1) is 5.52 Å². The molecule has 1 heterocycles. The number of pyridine rings is 1. The summed E-state index contributed by atoms with van der Waals surface area (Å²) < 4.78 is 0. The number of aryl methyl sites for hydroxylation is 1. The van der Waals surface area contributed by atoms with Gasteiger partial charge in [-0.05, 0) is 30.5 Å². The van der Waals surface area contributed by atoms with Crippen LogP contribution in [0.4, 0.5) is 0 Å². The van der Waals surface area contributed by atoms with Crippen molar-refractivity contribution in [3.63, 3.8) is 0 Å².